The van der Waals surface area contributed by atoms with Crippen molar-refractivity contribution in [3.8, 4) is 101 Å². The molecule has 2 aromatic heterocycles. The van der Waals surface area contributed by atoms with Crippen LogP contribution < -0.4 is 0 Å². The zero-order valence-electron chi connectivity index (χ0n) is 36.4. The molecule has 4 heteroatoms. The van der Waals surface area contributed by atoms with Gasteiger partial charge in [-0.05, 0) is 73.3 Å². The van der Waals surface area contributed by atoms with Crippen LogP contribution in [0.15, 0.2) is 253 Å². The van der Waals surface area contributed by atoms with Crippen molar-refractivity contribution in [2.75, 3.05) is 0 Å². The molecule has 0 bridgehead atoms. The third kappa shape index (κ3) is 7.77. The maximum absolute atomic E-state index is 6.75. The van der Waals surface area contributed by atoms with Crippen molar-refractivity contribution in [2.24, 2.45) is 0 Å². The lowest BCUT2D eigenvalue weighted by Gasteiger charge is -2.11. The average Bonchev–Trinajstić information content (AvgIpc) is 3.81. The molecule has 67 heavy (non-hydrogen) atoms. The molecule has 2 heterocycles. The van der Waals surface area contributed by atoms with Gasteiger partial charge >= 0.3 is 0 Å². The topological polar surface area (TPSA) is 51.8 Å². The van der Waals surface area contributed by atoms with E-state index in [2.05, 4.69) is 218 Å². The fourth-order valence-electron chi connectivity index (χ4n) is 9.11. The lowest BCUT2D eigenvalue weighted by molar-refractivity contribution is 0.670. The molecule has 0 aliphatic carbocycles. The molecule has 0 atom stereocenters. The van der Waals surface area contributed by atoms with E-state index in [0.717, 1.165) is 72.0 Å². The van der Waals surface area contributed by atoms with Gasteiger partial charge in [-0.2, -0.15) is 0 Å². The molecular weight excluding hydrogens is 815 g/mol. The van der Waals surface area contributed by atoms with Crippen molar-refractivity contribution in [3.63, 3.8) is 0 Å². The molecule has 12 rings (SSSR count). The molecule has 10 aromatic carbocycles. The van der Waals surface area contributed by atoms with E-state index in [1.165, 1.54) is 33.4 Å². The Kier molecular flexibility index (Phi) is 10.2. The van der Waals surface area contributed by atoms with Crippen molar-refractivity contribution in [2.45, 2.75) is 0 Å². The van der Waals surface area contributed by atoms with Gasteiger partial charge in [0.2, 0.25) is 0 Å². The van der Waals surface area contributed by atoms with Crippen LogP contribution in [0.25, 0.3) is 123 Å². The molecule has 314 valence electrons. The first-order valence-electron chi connectivity index (χ1n) is 22.6. The Bertz CT molecular complexity index is 3680. The third-order valence-corrected chi connectivity index (χ3v) is 12.6. The van der Waals surface area contributed by atoms with Crippen LogP contribution in [0.1, 0.15) is 0 Å². The van der Waals surface area contributed by atoms with E-state index >= 15 is 0 Å². The highest BCUT2D eigenvalue weighted by molar-refractivity contribution is 6.15. The van der Waals surface area contributed by atoms with E-state index in [1.807, 2.05) is 30.3 Å². The molecule has 0 saturated heterocycles. The summed E-state index contributed by atoms with van der Waals surface area (Å²) in [6.07, 6.45) is 0. The Balaban J connectivity index is 0.944. The molecule has 0 N–H and O–H groups in total. The summed E-state index contributed by atoms with van der Waals surface area (Å²) >= 11 is 0. The lowest BCUT2D eigenvalue weighted by atomic mass is 9.98. The van der Waals surface area contributed by atoms with Crippen molar-refractivity contribution in [3.05, 3.63) is 249 Å². The highest BCUT2D eigenvalue weighted by Crippen LogP contribution is 2.41. The monoisotopic (exact) mass is 855 g/mol. The van der Waals surface area contributed by atoms with E-state index in [-0.39, 0.29) is 0 Å². The Labute approximate surface area is 389 Å². The van der Waals surface area contributed by atoms with Gasteiger partial charge in [0, 0.05) is 33.0 Å². The smallest absolute Gasteiger partial charge is 0.164 e. The second-order valence-electron chi connectivity index (χ2n) is 16.8. The van der Waals surface area contributed by atoms with Crippen LogP contribution in [-0.2, 0) is 0 Å². The first-order chi connectivity index (χ1) is 33.2. The van der Waals surface area contributed by atoms with Crippen molar-refractivity contribution < 1.29 is 4.42 Å². The van der Waals surface area contributed by atoms with Gasteiger partial charge in [-0.3, -0.25) is 0 Å². The normalized spacial score (nSPS) is 11.3. The second kappa shape index (κ2) is 17.2. The molecule has 0 aliphatic heterocycles. The summed E-state index contributed by atoms with van der Waals surface area (Å²) in [5, 5.41) is 1.97. The van der Waals surface area contributed by atoms with Gasteiger partial charge in [-0.15, -0.1) is 0 Å². The van der Waals surface area contributed by atoms with Gasteiger partial charge in [0.15, 0.2) is 17.5 Å². The van der Waals surface area contributed by atoms with E-state index in [4.69, 9.17) is 19.4 Å². The SMILES string of the molecule is c1ccc(-c2ccc(-c3ccc(-c4nc(-c5ccc(-c6cccc(-c7ccccc7)c6)cc5)nc(-c5cccc6oc7c(-c8ccc(-c9ccccc9)cc8)cccc7c56)n4)cc3)cc2)cc1. The van der Waals surface area contributed by atoms with Crippen LogP contribution in [0.2, 0.25) is 0 Å². The van der Waals surface area contributed by atoms with Gasteiger partial charge in [0.1, 0.15) is 11.2 Å². The molecule has 0 saturated carbocycles. The standard InChI is InChI=1S/C63H41N3O/c1-4-13-42(14-5-1)45-25-27-47(28-26-45)48-31-37-51(38-32-48)61-64-62(52-39-33-49(34-40-52)54-20-10-19-53(41-54)44-17-8-3-9-18-44)66-63(65-61)57-23-12-24-58-59(57)56-22-11-21-55(60(56)67-58)50-35-29-46(30-36-50)43-15-6-2-7-16-43/h1-41H. The summed E-state index contributed by atoms with van der Waals surface area (Å²) in [5.41, 5.74) is 18.0. The number of aromatic nitrogens is 3. The second-order valence-corrected chi connectivity index (χ2v) is 16.8. The fourth-order valence-corrected chi connectivity index (χ4v) is 9.11. The predicted octanol–water partition coefficient (Wildman–Crippen LogP) is 16.8. The summed E-state index contributed by atoms with van der Waals surface area (Å²) in [4.78, 5) is 15.7. The van der Waals surface area contributed by atoms with Gasteiger partial charge in [-0.1, -0.05) is 237 Å². The Morgan fingerprint density at radius 1 is 0.239 bits per heavy atom. The van der Waals surface area contributed by atoms with Crippen LogP contribution in [0, 0.1) is 0 Å². The van der Waals surface area contributed by atoms with E-state index in [1.54, 1.807) is 0 Å². The van der Waals surface area contributed by atoms with Gasteiger partial charge in [-0.25, -0.2) is 15.0 Å². The van der Waals surface area contributed by atoms with Crippen LogP contribution in [0.3, 0.4) is 0 Å². The Morgan fingerprint density at radius 3 is 1.07 bits per heavy atom. The van der Waals surface area contributed by atoms with Crippen molar-refractivity contribution in [1.29, 1.82) is 0 Å². The molecular formula is C63H41N3O. The number of furan rings is 1. The molecule has 0 fully saturated rings. The zero-order chi connectivity index (χ0) is 44.5. The highest BCUT2D eigenvalue weighted by Gasteiger charge is 2.20. The maximum Gasteiger partial charge on any atom is 0.164 e. The van der Waals surface area contributed by atoms with Crippen LogP contribution in [0.4, 0.5) is 0 Å². The molecule has 0 aliphatic rings. The van der Waals surface area contributed by atoms with Crippen molar-refractivity contribution in [1.82, 2.24) is 15.0 Å². The lowest BCUT2D eigenvalue weighted by Crippen LogP contribution is -2.00. The first kappa shape index (κ1) is 39.6. The van der Waals surface area contributed by atoms with Crippen LogP contribution in [-0.4, -0.2) is 15.0 Å². The Hall–Kier alpha value is -8.99. The molecule has 0 amide bonds. The maximum atomic E-state index is 6.75. The number of rotatable bonds is 9. The minimum absolute atomic E-state index is 0.575. The van der Waals surface area contributed by atoms with E-state index < -0.39 is 0 Å². The molecule has 4 nitrogen and oxygen atoms in total. The van der Waals surface area contributed by atoms with Gasteiger partial charge in [0.25, 0.3) is 0 Å². The zero-order valence-corrected chi connectivity index (χ0v) is 36.4. The van der Waals surface area contributed by atoms with E-state index in [0.29, 0.717) is 17.5 Å². The number of hydrogen-bond donors (Lipinski definition) is 0. The average molecular weight is 856 g/mol. The third-order valence-electron chi connectivity index (χ3n) is 12.6. The number of hydrogen-bond acceptors (Lipinski definition) is 4. The predicted molar refractivity (Wildman–Crippen MR) is 276 cm³/mol. The largest absolute Gasteiger partial charge is 0.455 e. The quantitative estimate of drug-likeness (QED) is 0.145. The highest BCUT2D eigenvalue weighted by atomic mass is 16.3. The first-order valence-corrected chi connectivity index (χ1v) is 22.6. The number of fused-ring (bicyclic) bond motifs is 3. The minimum atomic E-state index is 0.575. The van der Waals surface area contributed by atoms with Gasteiger partial charge in [0.05, 0.1) is 0 Å². The summed E-state index contributed by atoms with van der Waals surface area (Å²) in [7, 11) is 0. The van der Waals surface area contributed by atoms with Gasteiger partial charge < -0.3 is 4.42 Å². The number of nitrogens with zero attached hydrogens (tertiary/aromatic N) is 3. The Morgan fingerprint density at radius 2 is 0.582 bits per heavy atom. The number of benzene rings is 10. The fraction of sp³-hybridized carbons (Fsp3) is 0. The molecule has 0 radical (unpaired) electrons. The van der Waals surface area contributed by atoms with Crippen molar-refractivity contribution >= 4 is 21.9 Å². The summed E-state index contributed by atoms with van der Waals surface area (Å²) < 4.78 is 6.75. The summed E-state index contributed by atoms with van der Waals surface area (Å²) in [6.45, 7) is 0. The molecule has 0 unspecified atom stereocenters. The summed E-state index contributed by atoms with van der Waals surface area (Å²) in [6, 6.07) is 87.0. The summed E-state index contributed by atoms with van der Waals surface area (Å²) in [5.74, 6) is 1.76. The van der Waals surface area contributed by atoms with Crippen LogP contribution >= 0.6 is 0 Å². The molecule has 12 aromatic rings. The van der Waals surface area contributed by atoms with Crippen LogP contribution in [0.5, 0.6) is 0 Å². The van der Waals surface area contributed by atoms with E-state index in [9.17, 15) is 0 Å². The number of para-hydroxylation sites is 1. The minimum Gasteiger partial charge on any atom is -0.455 e. The molecule has 0 spiro atoms.